The third-order valence-electron chi connectivity index (χ3n) is 3.54. The lowest BCUT2D eigenvalue weighted by molar-refractivity contribution is 0.417. The number of halogens is 1. The molecule has 4 nitrogen and oxygen atoms in total. The highest BCUT2D eigenvalue weighted by Crippen LogP contribution is 2.27. The summed E-state index contributed by atoms with van der Waals surface area (Å²) in [6.45, 7) is 3.99. The summed E-state index contributed by atoms with van der Waals surface area (Å²) < 4.78 is 18.9. The van der Waals surface area contributed by atoms with E-state index < -0.39 is 0 Å². The number of hydrogen-bond acceptors (Lipinski definition) is 4. The molecule has 1 atom stereocenters. The number of nitrogens with one attached hydrogen (secondary N) is 1. The van der Waals surface area contributed by atoms with Crippen LogP contribution < -0.4 is 5.32 Å². The molecule has 1 heterocycles. The first-order valence-electron chi connectivity index (χ1n) is 7.54. The van der Waals surface area contributed by atoms with E-state index in [0.717, 1.165) is 11.1 Å². The SMILES string of the molecule is CC(C)c1noc(NC(c2ccccc2)c2cccc(F)c2)n1. The zero-order chi connectivity index (χ0) is 16.2. The number of rotatable bonds is 5. The van der Waals surface area contributed by atoms with Crippen LogP contribution in [0.4, 0.5) is 10.4 Å². The van der Waals surface area contributed by atoms with Crippen molar-refractivity contribution in [2.75, 3.05) is 5.32 Å². The fraction of sp³-hybridized carbons (Fsp3) is 0.222. The maximum absolute atomic E-state index is 13.6. The molecule has 1 unspecified atom stereocenters. The predicted molar refractivity (Wildman–Crippen MR) is 86.7 cm³/mol. The van der Waals surface area contributed by atoms with Gasteiger partial charge in [0.25, 0.3) is 0 Å². The summed E-state index contributed by atoms with van der Waals surface area (Å²) in [4.78, 5) is 4.34. The van der Waals surface area contributed by atoms with Gasteiger partial charge in [-0.3, -0.25) is 0 Å². The van der Waals surface area contributed by atoms with Crippen molar-refractivity contribution < 1.29 is 8.91 Å². The summed E-state index contributed by atoms with van der Waals surface area (Å²) >= 11 is 0. The van der Waals surface area contributed by atoms with Gasteiger partial charge in [0, 0.05) is 5.92 Å². The summed E-state index contributed by atoms with van der Waals surface area (Å²) in [6.07, 6.45) is 0. The average Bonchev–Trinajstić information content (AvgIpc) is 3.02. The van der Waals surface area contributed by atoms with Crippen LogP contribution in [0.5, 0.6) is 0 Å². The lowest BCUT2D eigenvalue weighted by atomic mass is 9.99. The van der Waals surface area contributed by atoms with Gasteiger partial charge >= 0.3 is 6.01 Å². The second-order valence-corrected chi connectivity index (χ2v) is 5.66. The van der Waals surface area contributed by atoms with Crippen LogP contribution >= 0.6 is 0 Å². The van der Waals surface area contributed by atoms with E-state index in [4.69, 9.17) is 4.52 Å². The van der Waals surface area contributed by atoms with E-state index in [1.807, 2.05) is 50.2 Å². The minimum atomic E-state index is -0.279. The highest BCUT2D eigenvalue weighted by Gasteiger charge is 2.18. The molecule has 0 amide bonds. The van der Waals surface area contributed by atoms with Crippen LogP contribution in [0.15, 0.2) is 59.1 Å². The van der Waals surface area contributed by atoms with Crippen LogP contribution in [-0.4, -0.2) is 10.1 Å². The molecule has 0 aliphatic rings. The van der Waals surface area contributed by atoms with Crippen LogP contribution in [0, 0.1) is 5.82 Å². The van der Waals surface area contributed by atoms with Crippen LogP contribution in [0.2, 0.25) is 0 Å². The highest BCUT2D eigenvalue weighted by molar-refractivity contribution is 5.39. The number of hydrogen-bond donors (Lipinski definition) is 1. The van der Waals surface area contributed by atoms with E-state index in [1.165, 1.54) is 12.1 Å². The highest BCUT2D eigenvalue weighted by atomic mass is 19.1. The minimum absolute atomic E-state index is 0.179. The molecule has 0 aliphatic heterocycles. The normalized spacial score (nSPS) is 12.3. The monoisotopic (exact) mass is 311 g/mol. The van der Waals surface area contributed by atoms with Gasteiger partial charge in [0.05, 0.1) is 6.04 Å². The van der Waals surface area contributed by atoms with Gasteiger partial charge in [-0.05, 0) is 23.3 Å². The standard InChI is InChI=1S/C18H18FN3O/c1-12(2)17-21-18(23-22-17)20-16(13-7-4-3-5-8-13)14-9-6-10-15(19)11-14/h3-12,16H,1-2H3,(H,20,21,22). The molecule has 0 bridgehead atoms. The Bertz CT molecular complexity index is 771. The van der Waals surface area contributed by atoms with E-state index in [-0.39, 0.29) is 17.8 Å². The molecular formula is C18H18FN3O. The van der Waals surface area contributed by atoms with Crippen molar-refractivity contribution in [2.45, 2.75) is 25.8 Å². The van der Waals surface area contributed by atoms with Crippen LogP contribution in [0.1, 0.15) is 42.8 Å². The summed E-state index contributed by atoms with van der Waals surface area (Å²) in [5.74, 6) is 0.538. The molecule has 5 heteroatoms. The molecule has 3 rings (SSSR count). The maximum Gasteiger partial charge on any atom is 0.322 e. The van der Waals surface area contributed by atoms with E-state index in [9.17, 15) is 4.39 Å². The van der Waals surface area contributed by atoms with E-state index in [2.05, 4.69) is 15.5 Å². The van der Waals surface area contributed by atoms with Crippen molar-refractivity contribution >= 4 is 6.01 Å². The molecular weight excluding hydrogens is 293 g/mol. The van der Waals surface area contributed by atoms with Gasteiger partial charge in [-0.1, -0.05) is 61.5 Å². The molecule has 0 radical (unpaired) electrons. The topological polar surface area (TPSA) is 51.0 Å². The second-order valence-electron chi connectivity index (χ2n) is 5.66. The molecule has 0 saturated carbocycles. The van der Waals surface area contributed by atoms with Crippen molar-refractivity contribution in [3.63, 3.8) is 0 Å². The van der Waals surface area contributed by atoms with Crippen molar-refractivity contribution in [1.29, 1.82) is 0 Å². The Labute approximate surface area is 134 Å². The van der Waals surface area contributed by atoms with E-state index in [1.54, 1.807) is 6.07 Å². The summed E-state index contributed by atoms with van der Waals surface area (Å²) in [6, 6.07) is 16.3. The van der Waals surface area contributed by atoms with E-state index >= 15 is 0 Å². The van der Waals surface area contributed by atoms with Crippen molar-refractivity contribution in [1.82, 2.24) is 10.1 Å². The Morgan fingerprint density at radius 3 is 2.39 bits per heavy atom. The molecule has 2 aromatic carbocycles. The smallest absolute Gasteiger partial charge is 0.322 e. The maximum atomic E-state index is 13.6. The van der Waals surface area contributed by atoms with Crippen molar-refractivity contribution in [2.24, 2.45) is 0 Å². The molecule has 23 heavy (non-hydrogen) atoms. The van der Waals surface area contributed by atoms with Crippen molar-refractivity contribution in [3.05, 3.63) is 77.4 Å². The van der Waals surface area contributed by atoms with Crippen molar-refractivity contribution in [3.8, 4) is 0 Å². The van der Waals surface area contributed by atoms with Crippen LogP contribution in [-0.2, 0) is 0 Å². The lowest BCUT2D eigenvalue weighted by Crippen LogP contribution is -2.13. The molecule has 3 aromatic rings. The molecule has 0 spiro atoms. The van der Waals surface area contributed by atoms with Gasteiger partial charge in [-0.25, -0.2) is 4.39 Å². The first-order valence-corrected chi connectivity index (χ1v) is 7.54. The molecule has 0 fully saturated rings. The van der Waals surface area contributed by atoms with Gasteiger partial charge in [0.15, 0.2) is 5.82 Å². The van der Waals surface area contributed by atoms with Gasteiger partial charge in [-0.15, -0.1) is 0 Å². The van der Waals surface area contributed by atoms with Crippen LogP contribution in [0.3, 0.4) is 0 Å². The second kappa shape index (κ2) is 6.60. The third kappa shape index (κ3) is 3.56. The zero-order valence-corrected chi connectivity index (χ0v) is 13.0. The number of anilines is 1. The van der Waals surface area contributed by atoms with Gasteiger partial charge < -0.3 is 9.84 Å². The van der Waals surface area contributed by atoms with Gasteiger partial charge in [0.2, 0.25) is 0 Å². The van der Waals surface area contributed by atoms with Gasteiger partial charge in [-0.2, -0.15) is 4.98 Å². The molecule has 118 valence electrons. The Morgan fingerprint density at radius 1 is 1.00 bits per heavy atom. The fourth-order valence-corrected chi connectivity index (χ4v) is 2.34. The first-order chi connectivity index (χ1) is 11.1. The Balaban J connectivity index is 1.95. The summed E-state index contributed by atoms with van der Waals surface area (Å²) in [5, 5.41) is 7.16. The molecule has 0 saturated heterocycles. The zero-order valence-electron chi connectivity index (χ0n) is 13.0. The third-order valence-corrected chi connectivity index (χ3v) is 3.54. The quantitative estimate of drug-likeness (QED) is 0.752. The number of benzene rings is 2. The number of nitrogens with zero attached hydrogens (tertiary/aromatic N) is 2. The lowest BCUT2D eigenvalue weighted by Gasteiger charge is -2.18. The molecule has 0 aliphatic carbocycles. The Kier molecular flexibility index (Phi) is 4.37. The average molecular weight is 311 g/mol. The predicted octanol–water partition coefficient (Wildman–Crippen LogP) is 4.53. The molecule has 1 N–H and O–H groups in total. The van der Waals surface area contributed by atoms with Crippen LogP contribution in [0.25, 0.3) is 0 Å². The van der Waals surface area contributed by atoms with Gasteiger partial charge in [0.1, 0.15) is 5.82 Å². The van der Waals surface area contributed by atoms with E-state index in [0.29, 0.717) is 11.8 Å². The largest absolute Gasteiger partial charge is 0.327 e. The fourth-order valence-electron chi connectivity index (χ4n) is 2.34. The molecule has 1 aromatic heterocycles. The summed E-state index contributed by atoms with van der Waals surface area (Å²) in [5.41, 5.74) is 1.78. The minimum Gasteiger partial charge on any atom is -0.327 e. The Hall–Kier alpha value is -2.69. The number of aromatic nitrogens is 2. The Morgan fingerprint density at radius 2 is 1.74 bits per heavy atom. The first kappa shape index (κ1) is 15.2. The summed E-state index contributed by atoms with van der Waals surface area (Å²) in [7, 11) is 0.